The normalized spacial score (nSPS) is 13.7. The summed E-state index contributed by atoms with van der Waals surface area (Å²) >= 11 is 0. The van der Waals surface area contributed by atoms with Gasteiger partial charge in [-0.25, -0.2) is 0 Å². The monoisotopic (exact) mass is 301 g/mol. The molecular weight excluding hydrogens is 282 g/mol. The third-order valence-corrected chi connectivity index (χ3v) is 4.56. The van der Waals surface area contributed by atoms with Crippen LogP contribution in [0.1, 0.15) is 32.4 Å². The minimum atomic E-state index is -3.73. The van der Waals surface area contributed by atoms with E-state index >= 15 is 0 Å². The molecule has 0 aliphatic rings. The predicted octanol–water partition coefficient (Wildman–Crippen LogP) is 1.37. The number of benzene rings is 1. The molecule has 6 nitrogen and oxygen atoms in total. The summed E-state index contributed by atoms with van der Waals surface area (Å²) in [5.41, 5.74) is 6.17. The van der Waals surface area contributed by atoms with E-state index in [0.29, 0.717) is 5.56 Å². The van der Waals surface area contributed by atoms with Crippen LogP contribution in [0.3, 0.4) is 0 Å². The Morgan fingerprint density at radius 2 is 1.70 bits per heavy atom. The number of rotatable bonds is 4. The predicted molar refractivity (Wildman–Crippen MR) is 74.7 cm³/mol. The second kappa shape index (κ2) is 5.80. The van der Waals surface area contributed by atoms with Crippen molar-refractivity contribution in [2.45, 2.75) is 31.6 Å². The van der Waals surface area contributed by atoms with Crippen molar-refractivity contribution in [1.82, 2.24) is 0 Å². The first-order valence-corrected chi connectivity index (χ1v) is 7.37. The Morgan fingerprint density at radius 3 is 2.10 bits per heavy atom. The molecule has 0 saturated carbocycles. The first kappa shape index (κ1) is 16.5. The summed E-state index contributed by atoms with van der Waals surface area (Å²) < 4.78 is 32.3. The van der Waals surface area contributed by atoms with Gasteiger partial charge < -0.3 is 14.7 Å². The second-order valence-corrected chi connectivity index (χ2v) is 7.52. The number of hydrogen-bond acceptors (Lipinski definition) is 6. The summed E-state index contributed by atoms with van der Waals surface area (Å²) in [5.74, 6) is -0.401. The van der Waals surface area contributed by atoms with E-state index in [-0.39, 0.29) is 5.75 Å². The first-order chi connectivity index (χ1) is 9.08. The van der Waals surface area contributed by atoms with Crippen LogP contribution in [0.15, 0.2) is 24.3 Å². The van der Waals surface area contributed by atoms with Crippen LogP contribution in [0.2, 0.25) is 0 Å². The number of hydrogen-bond donors (Lipinski definition) is 1. The van der Waals surface area contributed by atoms with Gasteiger partial charge in [0.05, 0.1) is 11.9 Å². The fourth-order valence-electron chi connectivity index (χ4n) is 1.25. The molecule has 0 fully saturated rings. The van der Waals surface area contributed by atoms with Crippen molar-refractivity contribution in [3.63, 3.8) is 0 Å². The molecule has 0 saturated heterocycles. The lowest BCUT2D eigenvalue weighted by atomic mass is 10.1. The number of carbonyl (C=O) groups is 1. The van der Waals surface area contributed by atoms with Crippen molar-refractivity contribution in [2.75, 3.05) is 7.11 Å². The van der Waals surface area contributed by atoms with E-state index in [2.05, 4.69) is 4.74 Å². The lowest BCUT2D eigenvalue weighted by Gasteiger charge is -2.19. The van der Waals surface area contributed by atoms with E-state index < -0.39 is 26.9 Å². The molecule has 0 heterocycles. The van der Waals surface area contributed by atoms with Gasteiger partial charge in [-0.15, -0.1) is 0 Å². The van der Waals surface area contributed by atoms with Crippen LogP contribution >= 0.6 is 0 Å². The number of carbonyl (C=O) groups excluding carboxylic acids is 1. The van der Waals surface area contributed by atoms with Gasteiger partial charge in [-0.05, 0) is 38.5 Å². The maximum Gasteiger partial charge on any atom is 0.327 e. The zero-order chi connectivity index (χ0) is 15.6. The van der Waals surface area contributed by atoms with Gasteiger partial charge in [0.15, 0.2) is 0 Å². The second-order valence-electron chi connectivity index (χ2n) is 5.22. The molecule has 20 heavy (non-hydrogen) atoms. The molecule has 1 rings (SSSR count). The Bertz CT molecular complexity index is 572. The summed E-state index contributed by atoms with van der Waals surface area (Å²) in [7, 11) is -2.48. The maximum absolute atomic E-state index is 11.9. The Hall–Kier alpha value is -1.60. The van der Waals surface area contributed by atoms with Crippen LogP contribution < -0.4 is 9.92 Å². The van der Waals surface area contributed by atoms with E-state index in [1.165, 1.54) is 31.4 Å². The molecule has 0 radical (unpaired) electrons. The lowest BCUT2D eigenvalue weighted by molar-refractivity contribution is -0.142. The zero-order valence-electron chi connectivity index (χ0n) is 11.9. The van der Waals surface area contributed by atoms with E-state index in [0.717, 1.165) is 0 Å². The average Bonchev–Trinajstić information content (AvgIpc) is 2.36. The number of methoxy groups -OCH3 is 1. The van der Waals surface area contributed by atoms with Crippen molar-refractivity contribution >= 4 is 16.1 Å². The molecule has 0 amide bonds. The molecule has 112 valence electrons. The van der Waals surface area contributed by atoms with Crippen LogP contribution in [0.4, 0.5) is 0 Å². The van der Waals surface area contributed by atoms with Crippen molar-refractivity contribution in [2.24, 2.45) is 5.73 Å². The molecule has 0 aromatic heterocycles. The van der Waals surface area contributed by atoms with Gasteiger partial charge in [-0.2, -0.15) is 8.42 Å². The van der Waals surface area contributed by atoms with Crippen LogP contribution in [0.5, 0.6) is 5.75 Å². The molecule has 1 atom stereocenters. The van der Waals surface area contributed by atoms with Crippen molar-refractivity contribution < 1.29 is 22.1 Å². The van der Waals surface area contributed by atoms with Gasteiger partial charge in [-0.3, -0.25) is 4.79 Å². The molecule has 0 aliphatic carbocycles. The van der Waals surface area contributed by atoms with Crippen molar-refractivity contribution in [3.05, 3.63) is 29.8 Å². The molecule has 1 aromatic carbocycles. The van der Waals surface area contributed by atoms with Gasteiger partial charge in [0.25, 0.3) is 0 Å². The minimum Gasteiger partial charge on any atom is -0.468 e. The van der Waals surface area contributed by atoms with Crippen LogP contribution in [-0.2, 0) is 19.6 Å². The molecular formula is C13H19NO5S. The fraction of sp³-hybridized carbons (Fsp3) is 0.462. The average molecular weight is 301 g/mol. The van der Waals surface area contributed by atoms with Crippen LogP contribution in [0.25, 0.3) is 0 Å². The smallest absolute Gasteiger partial charge is 0.327 e. The zero-order valence-corrected chi connectivity index (χ0v) is 12.7. The molecule has 0 spiro atoms. The Morgan fingerprint density at radius 1 is 1.20 bits per heavy atom. The van der Waals surface area contributed by atoms with Gasteiger partial charge in [0, 0.05) is 0 Å². The highest BCUT2D eigenvalue weighted by molar-refractivity contribution is 7.88. The molecule has 0 bridgehead atoms. The van der Waals surface area contributed by atoms with E-state index in [1.54, 1.807) is 20.8 Å². The highest BCUT2D eigenvalue weighted by atomic mass is 32.2. The molecule has 0 aliphatic heterocycles. The van der Waals surface area contributed by atoms with E-state index in [9.17, 15) is 13.2 Å². The lowest BCUT2D eigenvalue weighted by Crippen LogP contribution is -2.32. The number of esters is 1. The highest BCUT2D eigenvalue weighted by Gasteiger charge is 2.31. The number of ether oxygens (including phenoxy) is 1. The van der Waals surface area contributed by atoms with Crippen LogP contribution in [0, 0.1) is 0 Å². The third-order valence-electron chi connectivity index (χ3n) is 2.65. The quantitative estimate of drug-likeness (QED) is 0.666. The van der Waals surface area contributed by atoms with Gasteiger partial charge in [0.2, 0.25) is 0 Å². The number of nitrogens with two attached hydrogens (primary N) is 1. The standard InChI is InChI=1S/C13H19NO5S/c1-13(2,3)20(16,17)19-10-7-5-9(6-8-10)11(14)12(15)18-4/h5-8,11H,14H2,1-4H3/t11-/m0/s1. The van der Waals surface area contributed by atoms with E-state index in [4.69, 9.17) is 9.92 Å². The summed E-state index contributed by atoms with van der Waals surface area (Å²) in [4.78, 5) is 11.3. The summed E-state index contributed by atoms with van der Waals surface area (Å²) in [5, 5.41) is 0. The maximum atomic E-state index is 11.9. The van der Waals surface area contributed by atoms with Crippen molar-refractivity contribution in [3.8, 4) is 5.75 Å². The Kier molecular flexibility index (Phi) is 4.77. The highest BCUT2D eigenvalue weighted by Crippen LogP contribution is 2.23. The molecule has 2 N–H and O–H groups in total. The SMILES string of the molecule is COC(=O)[C@@H](N)c1ccc(OS(=O)(=O)C(C)(C)C)cc1. The van der Waals surface area contributed by atoms with E-state index in [1.807, 2.05) is 0 Å². The van der Waals surface area contributed by atoms with Gasteiger partial charge in [-0.1, -0.05) is 12.1 Å². The molecule has 0 unspecified atom stereocenters. The molecule has 1 aromatic rings. The Labute approximate surface area is 119 Å². The Balaban J connectivity index is 2.91. The van der Waals surface area contributed by atoms with Crippen LogP contribution in [-0.4, -0.2) is 26.2 Å². The van der Waals surface area contributed by atoms with Gasteiger partial charge >= 0.3 is 16.1 Å². The largest absolute Gasteiger partial charge is 0.468 e. The first-order valence-electron chi connectivity index (χ1n) is 5.96. The fourth-order valence-corrected chi connectivity index (χ4v) is 1.86. The summed E-state index contributed by atoms with van der Waals surface area (Å²) in [6.07, 6.45) is 0. The van der Waals surface area contributed by atoms with Gasteiger partial charge in [0.1, 0.15) is 11.8 Å². The summed E-state index contributed by atoms with van der Waals surface area (Å²) in [6.45, 7) is 4.64. The topological polar surface area (TPSA) is 95.7 Å². The van der Waals surface area contributed by atoms with Crippen molar-refractivity contribution in [1.29, 1.82) is 0 Å². The minimum absolute atomic E-state index is 0.167. The molecule has 7 heteroatoms. The third kappa shape index (κ3) is 3.71. The summed E-state index contributed by atoms with van der Waals surface area (Å²) in [6, 6.07) is 5.03.